The maximum Gasteiger partial charge on any atom is 0.242 e. The highest BCUT2D eigenvalue weighted by Gasteiger charge is 2.33. The summed E-state index contributed by atoms with van der Waals surface area (Å²) in [7, 11) is 0. The topological polar surface area (TPSA) is 96.7 Å². The van der Waals surface area contributed by atoms with Crippen molar-refractivity contribution in [1.82, 2.24) is 15.5 Å². The molecular formula is C21H37ClN4O3. The van der Waals surface area contributed by atoms with Crippen molar-refractivity contribution >= 4 is 24.2 Å². The number of nitrogens with one attached hydrogen (secondary N) is 2. The van der Waals surface area contributed by atoms with E-state index in [1.165, 1.54) is 11.1 Å². The number of nitrogens with two attached hydrogens (primary N) is 1. The Morgan fingerprint density at radius 1 is 1.34 bits per heavy atom. The molecule has 0 bridgehead atoms. The van der Waals surface area contributed by atoms with Gasteiger partial charge in [-0.3, -0.25) is 9.59 Å². The molecule has 2 atom stereocenters. The smallest absolute Gasteiger partial charge is 0.242 e. The standard InChI is InChI=1S/C21H36N4O3.ClH/c1-16(2)18-7-5-17(6-8-18)14-23-15-20(26)25-11-3-4-19(25)21(27)24-10-13-28-12-9-22;/h5,18-19,23H,1,3-4,6-15,22H2,2H3,(H,24,27);1H/t18-,19-;/m0./s1. The van der Waals surface area contributed by atoms with E-state index in [1.54, 1.807) is 4.90 Å². The summed E-state index contributed by atoms with van der Waals surface area (Å²) in [6.45, 7) is 9.62. The van der Waals surface area contributed by atoms with Gasteiger partial charge in [-0.15, -0.1) is 12.4 Å². The van der Waals surface area contributed by atoms with Crippen LogP contribution in [-0.4, -0.2) is 68.7 Å². The van der Waals surface area contributed by atoms with Crippen LogP contribution in [0.2, 0.25) is 0 Å². The normalized spacial score (nSPS) is 21.3. The first-order chi connectivity index (χ1) is 13.5. The monoisotopic (exact) mass is 428 g/mol. The number of halogens is 1. The molecule has 166 valence electrons. The average Bonchev–Trinajstić information content (AvgIpc) is 3.18. The Morgan fingerprint density at radius 3 is 2.79 bits per heavy atom. The molecule has 0 unspecified atom stereocenters. The Kier molecular flexibility index (Phi) is 12.1. The van der Waals surface area contributed by atoms with Crippen molar-refractivity contribution in [3.8, 4) is 0 Å². The van der Waals surface area contributed by atoms with Crippen molar-refractivity contribution in [3.05, 3.63) is 23.8 Å². The first-order valence-corrected chi connectivity index (χ1v) is 10.4. The summed E-state index contributed by atoms with van der Waals surface area (Å²) in [4.78, 5) is 26.7. The average molecular weight is 429 g/mol. The van der Waals surface area contributed by atoms with Gasteiger partial charge in [-0.25, -0.2) is 0 Å². The van der Waals surface area contributed by atoms with Gasteiger partial charge in [0.25, 0.3) is 0 Å². The van der Waals surface area contributed by atoms with Gasteiger partial charge in [-0.1, -0.05) is 23.8 Å². The van der Waals surface area contributed by atoms with Crippen LogP contribution in [0, 0.1) is 5.92 Å². The molecule has 0 aromatic carbocycles. The molecule has 1 heterocycles. The maximum atomic E-state index is 12.6. The second-order valence-corrected chi connectivity index (χ2v) is 7.72. The van der Waals surface area contributed by atoms with Gasteiger partial charge >= 0.3 is 0 Å². The fourth-order valence-corrected chi connectivity index (χ4v) is 3.82. The first-order valence-electron chi connectivity index (χ1n) is 10.4. The highest BCUT2D eigenvalue weighted by molar-refractivity contribution is 5.89. The van der Waals surface area contributed by atoms with Gasteiger partial charge in [0.2, 0.25) is 11.8 Å². The summed E-state index contributed by atoms with van der Waals surface area (Å²) in [6, 6.07) is -0.367. The van der Waals surface area contributed by atoms with Crippen molar-refractivity contribution in [1.29, 1.82) is 0 Å². The molecule has 1 saturated heterocycles. The highest BCUT2D eigenvalue weighted by Crippen LogP contribution is 2.27. The largest absolute Gasteiger partial charge is 0.378 e. The van der Waals surface area contributed by atoms with Crippen molar-refractivity contribution in [2.45, 2.75) is 45.1 Å². The molecule has 0 spiro atoms. The Bertz CT molecular complexity index is 582. The van der Waals surface area contributed by atoms with E-state index < -0.39 is 0 Å². The number of amides is 2. The quantitative estimate of drug-likeness (QED) is 0.341. The van der Waals surface area contributed by atoms with Gasteiger partial charge in [-0.05, 0) is 44.9 Å². The van der Waals surface area contributed by atoms with E-state index in [0.717, 1.165) is 32.2 Å². The van der Waals surface area contributed by atoms with E-state index in [0.29, 0.717) is 45.2 Å². The molecule has 1 aliphatic heterocycles. The number of hydrogen-bond donors (Lipinski definition) is 3. The van der Waals surface area contributed by atoms with Crippen LogP contribution in [0.4, 0.5) is 0 Å². The zero-order valence-corrected chi connectivity index (χ0v) is 18.4. The SMILES string of the molecule is C=C(C)[C@H]1CC=C(CNCC(=O)N2CCC[C@H]2C(=O)NCCOCCN)CC1.Cl. The number of likely N-dealkylation sites (tertiary alicyclic amines) is 1. The predicted molar refractivity (Wildman–Crippen MR) is 118 cm³/mol. The maximum absolute atomic E-state index is 12.6. The van der Waals surface area contributed by atoms with Crippen LogP contribution in [0.3, 0.4) is 0 Å². The van der Waals surface area contributed by atoms with E-state index in [4.69, 9.17) is 10.5 Å². The molecule has 2 rings (SSSR count). The van der Waals surface area contributed by atoms with Gasteiger partial charge in [0.15, 0.2) is 0 Å². The zero-order valence-electron chi connectivity index (χ0n) is 17.6. The lowest BCUT2D eigenvalue weighted by Crippen LogP contribution is -2.49. The van der Waals surface area contributed by atoms with Crippen molar-refractivity contribution < 1.29 is 14.3 Å². The van der Waals surface area contributed by atoms with Gasteiger partial charge in [0, 0.05) is 26.2 Å². The third-order valence-corrected chi connectivity index (χ3v) is 5.51. The van der Waals surface area contributed by atoms with Crippen LogP contribution in [0.5, 0.6) is 0 Å². The number of carbonyl (C=O) groups is 2. The molecule has 0 aromatic rings. The minimum absolute atomic E-state index is 0. The summed E-state index contributed by atoms with van der Waals surface area (Å²) < 4.78 is 5.26. The number of nitrogens with zero attached hydrogens (tertiary/aromatic N) is 1. The molecule has 0 radical (unpaired) electrons. The van der Waals surface area contributed by atoms with Gasteiger partial charge in [-0.2, -0.15) is 0 Å². The Labute approximate surface area is 180 Å². The van der Waals surface area contributed by atoms with Crippen LogP contribution in [0.1, 0.15) is 39.0 Å². The molecule has 29 heavy (non-hydrogen) atoms. The molecule has 2 amide bonds. The number of carbonyl (C=O) groups excluding carboxylic acids is 2. The molecule has 0 aromatic heterocycles. The number of allylic oxidation sites excluding steroid dienone is 2. The summed E-state index contributed by atoms with van der Waals surface area (Å²) in [6.07, 6.45) is 7.10. The third-order valence-electron chi connectivity index (χ3n) is 5.51. The summed E-state index contributed by atoms with van der Waals surface area (Å²) >= 11 is 0. The number of rotatable bonds is 11. The summed E-state index contributed by atoms with van der Waals surface area (Å²) in [5, 5.41) is 6.11. The van der Waals surface area contributed by atoms with Crippen molar-refractivity contribution in [2.24, 2.45) is 11.7 Å². The van der Waals surface area contributed by atoms with E-state index in [1.807, 2.05) is 0 Å². The molecule has 8 heteroatoms. The van der Waals surface area contributed by atoms with E-state index in [2.05, 4.69) is 30.2 Å². The van der Waals surface area contributed by atoms with Gasteiger partial charge in [0.05, 0.1) is 19.8 Å². The Hall–Kier alpha value is -1.41. The predicted octanol–water partition coefficient (Wildman–Crippen LogP) is 1.38. The van der Waals surface area contributed by atoms with Crippen LogP contribution in [-0.2, 0) is 14.3 Å². The Balaban J connectivity index is 0.00000420. The molecule has 1 fully saturated rings. The minimum atomic E-state index is -0.367. The van der Waals surface area contributed by atoms with Crippen LogP contribution < -0.4 is 16.4 Å². The first kappa shape index (κ1) is 25.6. The summed E-state index contributed by atoms with van der Waals surface area (Å²) in [5.74, 6) is 0.492. The molecule has 4 N–H and O–H groups in total. The lowest BCUT2D eigenvalue weighted by molar-refractivity contribution is -0.137. The second kappa shape index (κ2) is 13.7. The summed E-state index contributed by atoms with van der Waals surface area (Å²) in [5.41, 5.74) is 7.97. The minimum Gasteiger partial charge on any atom is -0.378 e. The van der Waals surface area contributed by atoms with Gasteiger partial charge in [0.1, 0.15) is 6.04 Å². The van der Waals surface area contributed by atoms with E-state index in [9.17, 15) is 9.59 Å². The second-order valence-electron chi connectivity index (χ2n) is 7.72. The van der Waals surface area contributed by atoms with Gasteiger partial charge < -0.3 is 26.0 Å². The number of hydrogen-bond acceptors (Lipinski definition) is 5. The lowest BCUT2D eigenvalue weighted by Gasteiger charge is -2.25. The third kappa shape index (κ3) is 8.46. The van der Waals surface area contributed by atoms with Crippen molar-refractivity contribution in [2.75, 3.05) is 45.9 Å². The fraction of sp³-hybridized carbons (Fsp3) is 0.714. The lowest BCUT2D eigenvalue weighted by atomic mass is 9.85. The number of ether oxygens (including phenoxy) is 1. The molecule has 2 aliphatic rings. The van der Waals surface area contributed by atoms with Crippen LogP contribution >= 0.6 is 12.4 Å². The van der Waals surface area contributed by atoms with E-state index >= 15 is 0 Å². The highest BCUT2D eigenvalue weighted by atomic mass is 35.5. The van der Waals surface area contributed by atoms with E-state index in [-0.39, 0.29) is 36.8 Å². The molecule has 7 nitrogen and oxygen atoms in total. The Morgan fingerprint density at radius 2 is 2.14 bits per heavy atom. The molecule has 1 aliphatic carbocycles. The molecular weight excluding hydrogens is 392 g/mol. The fourth-order valence-electron chi connectivity index (χ4n) is 3.82. The van der Waals surface area contributed by atoms with Crippen LogP contribution in [0.25, 0.3) is 0 Å². The zero-order chi connectivity index (χ0) is 20.4. The molecule has 0 saturated carbocycles. The van der Waals surface area contributed by atoms with Crippen molar-refractivity contribution in [3.63, 3.8) is 0 Å². The van der Waals surface area contributed by atoms with Crippen LogP contribution in [0.15, 0.2) is 23.8 Å².